The molecule has 0 fully saturated rings. The van der Waals surface area contributed by atoms with Crippen LogP contribution in [-0.4, -0.2) is 0 Å². The third kappa shape index (κ3) is 3.23. The van der Waals surface area contributed by atoms with Gasteiger partial charge in [-0.2, -0.15) is 0 Å². The zero-order valence-electron chi connectivity index (χ0n) is 11.1. The van der Waals surface area contributed by atoms with Gasteiger partial charge in [-0.1, -0.05) is 40.2 Å². The van der Waals surface area contributed by atoms with Gasteiger partial charge in [-0.25, -0.2) is 4.39 Å². The van der Waals surface area contributed by atoms with Crippen LogP contribution in [0.3, 0.4) is 0 Å². The molecule has 2 N–H and O–H groups in total. The van der Waals surface area contributed by atoms with Crippen molar-refractivity contribution in [3.8, 4) is 0 Å². The highest BCUT2D eigenvalue weighted by Crippen LogP contribution is 2.27. The first kappa shape index (κ1) is 14.2. The number of aryl methyl sites for hydroxylation is 2. The maximum atomic E-state index is 13.8. The van der Waals surface area contributed by atoms with E-state index < -0.39 is 0 Å². The lowest BCUT2D eigenvalue weighted by Crippen LogP contribution is -2.15. The molecule has 1 nitrogen and oxygen atoms in total. The summed E-state index contributed by atoms with van der Waals surface area (Å²) in [7, 11) is 0. The molecule has 0 saturated carbocycles. The van der Waals surface area contributed by atoms with E-state index in [1.54, 1.807) is 6.07 Å². The highest BCUT2D eigenvalue weighted by molar-refractivity contribution is 9.10. The number of nitrogens with two attached hydrogens (primary N) is 1. The summed E-state index contributed by atoms with van der Waals surface area (Å²) >= 11 is 3.37. The summed E-state index contributed by atoms with van der Waals surface area (Å²) in [6, 6.07) is 10.8. The minimum Gasteiger partial charge on any atom is -0.324 e. The average Bonchev–Trinajstić information content (AvgIpc) is 2.33. The van der Waals surface area contributed by atoms with E-state index in [0.717, 1.165) is 10.0 Å². The molecule has 0 bridgehead atoms. The second kappa shape index (κ2) is 5.85. The molecule has 0 radical (unpaired) electrons. The van der Waals surface area contributed by atoms with Crippen LogP contribution >= 0.6 is 15.9 Å². The summed E-state index contributed by atoms with van der Waals surface area (Å²) in [4.78, 5) is 0. The Morgan fingerprint density at radius 3 is 2.53 bits per heavy atom. The monoisotopic (exact) mass is 321 g/mol. The molecule has 0 aliphatic rings. The van der Waals surface area contributed by atoms with Crippen molar-refractivity contribution in [2.24, 2.45) is 5.73 Å². The molecule has 1 unspecified atom stereocenters. The molecule has 2 aromatic rings. The third-order valence-electron chi connectivity index (χ3n) is 3.40. The van der Waals surface area contributed by atoms with Gasteiger partial charge >= 0.3 is 0 Å². The van der Waals surface area contributed by atoms with Crippen molar-refractivity contribution in [1.82, 2.24) is 0 Å². The highest BCUT2D eigenvalue weighted by atomic mass is 79.9. The highest BCUT2D eigenvalue weighted by Gasteiger charge is 2.15. The molecule has 3 heteroatoms. The molecule has 100 valence electrons. The van der Waals surface area contributed by atoms with Gasteiger partial charge in [-0.15, -0.1) is 0 Å². The second-order valence-corrected chi connectivity index (χ2v) is 5.72. The topological polar surface area (TPSA) is 26.0 Å². The molecule has 1 atom stereocenters. The first-order valence-corrected chi connectivity index (χ1v) is 7.04. The summed E-state index contributed by atoms with van der Waals surface area (Å²) in [5.74, 6) is -0.259. The molecule has 0 spiro atoms. The Kier molecular flexibility index (Phi) is 4.38. The molecule has 19 heavy (non-hydrogen) atoms. The lowest BCUT2D eigenvalue weighted by molar-refractivity contribution is 0.578. The minimum absolute atomic E-state index is 0.259. The fraction of sp³-hybridized carbons (Fsp3) is 0.250. The van der Waals surface area contributed by atoms with Gasteiger partial charge < -0.3 is 5.73 Å². The van der Waals surface area contributed by atoms with E-state index in [4.69, 9.17) is 5.73 Å². The number of rotatable bonds is 3. The Labute approximate surface area is 121 Å². The van der Waals surface area contributed by atoms with E-state index in [-0.39, 0.29) is 11.9 Å². The van der Waals surface area contributed by atoms with Gasteiger partial charge in [-0.05, 0) is 49.1 Å². The van der Waals surface area contributed by atoms with Gasteiger partial charge in [0, 0.05) is 16.1 Å². The standard InChI is InChI=1S/C16H17BrFN/c1-10-6-7-12(8-11(10)2)9-15(19)16-13(17)4-3-5-14(16)18/h3-8,15H,9,19H2,1-2H3. The molecule has 0 aliphatic heterocycles. The van der Waals surface area contributed by atoms with E-state index in [0.29, 0.717) is 12.0 Å². The summed E-state index contributed by atoms with van der Waals surface area (Å²) in [6.45, 7) is 4.15. The molecular weight excluding hydrogens is 305 g/mol. The summed E-state index contributed by atoms with van der Waals surface area (Å²) < 4.78 is 14.6. The normalized spacial score (nSPS) is 12.5. The fourth-order valence-corrected chi connectivity index (χ4v) is 2.79. The van der Waals surface area contributed by atoms with Crippen LogP contribution in [0, 0.1) is 19.7 Å². The second-order valence-electron chi connectivity index (χ2n) is 4.86. The van der Waals surface area contributed by atoms with Crippen LogP contribution < -0.4 is 5.73 Å². The summed E-state index contributed by atoms with van der Waals surface area (Å²) in [5.41, 5.74) is 10.3. The Bertz CT molecular complexity index is 575. The van der Waals surface area contributed by atoms with E-state index in [9.17, 15) is 4.39 Å². The molecule has 0 aliphatic carbocycles. The summed E-state index contributed by atoms with van der Waals surface area (Å²) in [6.07, 6.45) is 0.626. The Hall–Kier alpha value is -1.19. The molecule has 0 heterocycles. The van der Waals surface area contributed by atoms with Crippen LogP contribution in [0.4, 0.5) is 4.39 Å². The van der Waals surface area contributed by atoms with Gasteiger partial charge in [0.2, 0.25) is 0 Å². The van der Waals surface area contributed by atoms with E-state index >= 15 is 0 Å². The van der Waals surface area contributed by atoms with Crippen molar-refractivity contribution in [1.29, 1.82) is 0 Å². The summed E-state index contributed by atoms with van der Waals surface area (Å²) in [5, 5.41) is 0. The van der Waals surface area contributed by atoms with Gasteiger partial charge in [0.05, 0.1) is 0 Å². The van der Waals surface area contributed by atoms with Gasteiger partial charge in [0.15, 0.2) is 0 Å². The molecule has 0 aromatic heterocycles. The van der Waals surface area contributed by atoms with E-state index in [1.165, 1.54) is 17.2 Å². The molecule has 2 rings (SSSR count). The fourth-order valence-electron chi connectivity index (χ4n) is 2.15. The largest absolute Gasteiger partial charge is 0.324 e. The SMILES string of the molecule is Cc1ccc(CC(N)c2c(F)cccc2Br)cc1C. The average molecular weight is 322 g/mol. The number of benzene rings is 2. The minimum atomic E-state index is -0.349. The van der Waals surface area contributed by atoms with Crippen molar-refractivity contribution in [3.05, 3.63) is 68.9 Å². The number of hydrogen-bond donors (Lipinski definition) is 1. The molecule has 0 amide bonds. The Balaban J connectivity index is 2.25. The number of hydrogen-bond acceptors (Lipinski definition) is 1. The Morgan fingerprint density at radius 1 is 1.16 bits per heavy atom. The van der Waals surface area contributed by atoms with Gasteiger partial charge in [0.25, 0.3) is 0 Å². The maximum Gasteiger partial charge on any atom is 0.129 e. The van der Waals surface area contributed by atoms with Crippen molar-refractivity contribution in [3.63, 3.8) is 0 Å². The van der Waals surface area contributed by atoms with Crippen molar-refractivity contribution >= 4 is 15.9 Å². The Morgan fingerprint density at radius 2 is 1.89 bits per heavy atom. The predicted octanol–water partition coefficient (Wildman–Crippen LogP) is 4.45. The molecular formula is C16H17BrFN. The first-order valence-electron chi connectivity index (χ1n) is 6.24. The van der Waals surface area contributed by atoms with Crippen LogP contribution in [0.1, 0.15) is 28.3 Å². The quantitative estimate of drug-likeness (QED) is 0.888. The van der Waals surface area contributed by atoms with Crippen LogP contribution in [-0.2, 0) is 6.42 Å². The van der Waals surface area contributed by atoms with Crippen molar-refractivity contribution in [2.75, 3.05) is 0 Å². The van der Waals surface area contributed by atoms with Crippen LogP contribution in [0.15, 0.2) is 40.9 Å². The lowest BCUT2D eigenvalue weighted by atomic mass is 9.97. The zero-order chi connectivity index (χ0) is 14.0. The van der Waals surface area contributed by atoms with Crippen LogP contribution in [0.25, 0.3) is 0 Å². The predicted molar refractivity (Wildman–Crippen MR) is 80.6 cm³/mol. The van der Waals surface area contributed by atoms with Crippen molar-refractivity contribution in [2.45, 2.75) is 26.3 Å². The zero-order valence-corrected chi connectivity index (χ0v) is 12.7. The van der Waals surface area contributed by atoms with Crippen molar-refractivity contribution < 1.29 is 4.39 Å². The third-order valence-corrected chi connectivity index (χ3v) is 4.09. The van der Waals surface area contributed by atoms with E-state index in [2.05, 4.69) is 48.0 Å². The molecule has 2 aromatic carbocycles. The van der Waals surface area contributed by atoms with E-state index in [1.807, 2.05) is 6.07 Å². The van der Waals surface area contributed by atoms with Crippen LogP contribution in [0.2, 0.25) is 0 Å². The number of halogens is 2. The molecule has 0 saturated heterocycles. The smallest absolute Gasteiger partial charge is 0.129 e. The first-order chi connectivity index (χ1) is 8.99. The lowest BCUT2D eigenvalue weighted by Gasteiger charge is -2.15. The maximum absolute atomic E-state index is 13.8. The van der Waals surface area contributed by atoms with Gasteiger partial charge in [0.1, 0.15) is 5.82 Å². The van der Waals surface area contributed by atoms with Crippen LogP contribution in [0.5, 0.6) is 0 Å². The van der Waals surface area contributed by atoms with Gasteiger partial charge in [-0.3, -0.25) is 0 Å².